The van der Waals surface area contributed by atoms with E-state index in [1.807, 2.05) is 18.2 Å². The molecule has 1 aliphatic rings. The fourth-order valence-electron chi connectivity index (χ4n) is 3.42. The summed E-state index contributed by atoms with van der Waals surface area (Å²) in [6.45, 7) is 1.58. The van der Waals surface area contributed by atoms with Crippen LogP contribution in [0.2, 0.25) is 5.02 Å². The molecule has 2 aromatic carbocycles. The number of fused-ring (bicyclic) bond motifs is 1. The third-order valence-corrected chi connectivity index (χ3v) is 6.15. The van der Waals surface area contributed by atoms with E-state index in [0.717, 1.165) is 49.2 Å². The monoisotopic (exact) mass is 478 g/mol. The summed E-state index contributed by atoms with van der Waals surface area (Å²) < 4.78 is 39.0. The molecule has 0 saturated carbocycles. The molecule has 0 unspecified atom stereocenters. The highest BCUT2D eigenvalue weighted by Crippen LogP contribution is 2.36. The molecule has 5 nitrogen and oxygen atoms in total. The van der Waals surface area contributed by atoms with Crippen molar-refractivity contribution in [2.75, 3.05) is 22.5 Å². The second-order valence-corrected chi connectivity index (χ2v) is 8.52. The molecule has 0 saturated heterocycles. The summed E-state index contributed by atoms with van der Waals surface area (Å²) in [7, 11) is 0. The van der Waals surface area contributed by atoms with Crippen LogP contribution in [0, 0.1) is 0 Å². The van der Waals surface area contributed by atoms with Gasteiger partial charge in [0.2, 0.25) is 5.91 Å². The zero-order valence-electron chi connectivity index (χ0n) is 16.7. The number of thioether (sulfide) groups is 1. The number of benzene rings is 2. The summed E-state index contributed by atoms with van der Waals surface area (Å²) in [5, 5.41) is 2.46. The first-order valence-corrected chi connectivity index (χ1v) is 11.1. The third kappa shape index (κ3) is 5.34. The molecule has 0 radical (unpaired) electrons. The number of nitrogens with one attached hydrogen (secondary N) is 1. The van der Waals surface area contributed by atoms with Gasteiger partial charge >= 0.3 is 6.18 Å². The third-order valence-electron chi connectivity index (χ3n) is 4.96. The molecular formula is C22H18ClF3N4OS. The Morgan fingerprint density at radius 3 is 2.72 bits per heavy atom. The van der Waals surface area contributed by atoms with Gasteiger partial charge < -0.3 is 10.2 Å². The quantitative estimate of drug-likeness (QED) is 0.391. The minimum atomic E-state index is -4.60. The maximum atomic E-state index is 13.0. The molecule has 3 aromatic rings. The summed E-state index contributed by atoms with van der Waals surface area (Å²) in [5.41, 5.74) is 1.62. The number of carbonyl (C=O) groups excluding carboxylic acids is 1. The van der Waals surface area contributed by atoms with Crippen LogP contribution in [0.3, 0.4) is 0 Å². The summed E-state index contributed by atoms with van der Waals surface area (Å²) >= 11 is 6.72. The molecule has 0 atom stereocenters. The summed E-state index contributed by atoms with van der Waals surface area (Å²) in [6, 6.07) is 13.4. The van der Waals surface area contributed by atoms with Crippen LogP contribution in [-0.2, 0) is 23.9 Å². The Balaban J connectivity index is 1.37. The zero-order chi connectivity index (χ0) is 22.7. The van der Waals surface area contributed by atoms with Crippen LogP contribution in [0.5, 0.6) is 0 Å². The lowest BCUT2D eigenvalue weighted by molar-refractivity contribution is -0.137. The Labute approximate surface area is 192 Å². The SMILES string of the molecule is O=C(CSc1nccc(N2CCc3ccccc3C2)n1)Nc1ccc(Cl)c(C(F)(F)F)c1. The molecule has 1 amide bonds. The van der Waals surface area contributed by atoms with Crippen molar-refractivity contribution >= 4 is 40.8 Å². The summed E-state index contributed by atoms with van der Waals surface area (Å²) in [6.07, 6.45) is -2.04. The number of carbonyl (C=O) groups is 1. The molecule has 2 heterocycles. The zero-order valence-corrected chi connectivity index (χ0v) is 18.3. The molecule has 4 rings (SSSR count). The molecule has 0 bridgehead atoms. The van der Waals surface area contributed by atoms with Gasteiger partial charge in [0.15, 0.2) is 5.16 Å². The Hall–Kier alpha value is -2.78. The lowest BCUT2D eigenvalue weighted by atomic mass is 10.00. The second-order valence-electron chi connectivity index (χ2n) is 7.17. The summed E-state index contributed by atoms with van der Waals surface area (Å²) in [4.78, 5) is 23.1. The fraction of sp³-hybridized carbons (Fsp3) is 0.227. The lowest BCUT2D eigenvalue weighted by Crippen LogP contribution is -2.31. The van der Waals surface area contributed by atoms with Gasteiger partial charge in [-0.2, -0.15) is 13.2 Å². The predicted octanol–water partition coefficient (Wildman–Crippen LogP) is 5.44. The molecule has 0 aliphatic carbocycles. The van der Waals surface area contributed by atoms with Gasteiger partial charge in [0.1, 0.15) is 5.82 Å². The number of alkyl halides is 3. The van der Waals surface area contributed by atoms with Crippen LogP contribution in [0.4, 0.5) is 24.7 Å². The number of amides is 1. The highest BCUT2D eigenvalue weighted by Gasteiger charge is 2.33. The molecule has 0 fully saturated rings. The number of halogens is 4. The fourth-order valence-corrected chi connectivity index (χ4v) is 4.27. The van der Waals surface area contributed by atoms with Crippen molar-refractivity contribution < 1.29 is 18.0 Å². The molecule has 166 valence electrons. The van der Waals surface area contributed by atoms with Crippen LogP contribution in [0.1, 0.15) is 16.7 Å². The first kappa shape index (κ1) is 22.4. The standard InChI is InChI=1S/C22H18ClF3N4OS/c23-18-6-5-16(11-17(18)22(24,25)26)28-20(31)13-32-21-27-9-7-19(29-21)30-10-8-14-3-1-2-4-15(14)12-30/h1-7,9,11H,8,10,12-13H2,(H,28,31). The maximum absolute atomic E-state index is 13.0. The topological polar surface area (TPSA) is 58.1 Å². The molecule has 10 heteroatoms. The van der Waals surface area contributed by atoms with Crippen molar-refractivity contribution in [3.8, 4) is 0 Å². The van der Waals surface area contributed by atoms with Crippen molar-refractivity contribution in [1.82, 2.24) is 9.97 Å². The Morgan fingerprint density at radius 2 is 1.94 bits per heavy atom. The van der Waals surface area contributed by atoms with Gasteiger partial charge in [0, 0.05) is 25.0 Å². The molecule has 32 heavy (non-hydrogen) atoms. The van der Waals surface area contributed by atoms with E-state index in [2.05, 4.69) is 32.3 Å². The van der Waals surface area contributed by atoms with E-state index in [1.165, 1.54) is 17.2 Å². The minimum absolute atomic E-state index is 0.0222. The Morgan fingerprint density at radius 1 is 1.16 bits per heavy atom. The van der Waals surface area contributed by atoms with Gasteiger partial charge in [0.25, 0.3) is 0 Å². The van der Waals surface area contributed by atoms with E-state index in [9.17, 15) is 18.0 Å². The van der Waals surface area contributed by atoms with Crippen LogP contribution in [0.25, 0.3) is 0 Å². The number of aromatic nitrogens is 2. The maximum Gasteiger partial charge on any atom is 0.417 e. The molecular weight excluding hydrogens is 461 g/mol. The van der Waals surface area contributed by atoms with Gasteiger partial charge in [-0.25, -0.2) is 9.97 Å². The summed E-state index contributed by atoms with van der Waals surface area (Å²) in [5.74, 6) is 0.257. The molecule has 1 N–H and O–H groups in total. The van der Waals surface area contributed by atoms with Crippen molar-refractivity contribution in [2.45, 2.75) is 24.3 Å². The smallest absolute Gasteiger partial charge is 0.352 e. The van der Waals surface area contributed by atoms with Crippen molar-refractivity contribution in [1.29, 1.82) is 0 Å². The number of rotatable bonds is 5. The van der Waals surface area contributed by atoms with E-state index in [0.29, 0.717) is 5.16 Å². The van der Waals surface area contributed by atoms with Gasteiger partial charge in [-0.1, -0.05) is 47.6 Å². The highest BCUT2D eigenvalue weighted by atomic mass is 35.5. The number of hydrogen-bond donors (Lipinski definition) is 1. The number of hydrogen-bond acceptors (Lipinski definition) is 5. The Kier molecular flexibility index (Phi) is 6.57. The van der Waals surface area contributed by atoms with Gasteiger partial charge in [-0.3, -0.25) is 4.79 Å². The van der Waals surface area contributed by atoms with Crippen molar-refractivity contribution in [3.63, 3.8) is 0 Å². The van der Waals surface area contributed by atoms with Crippen LogP contribution in [-0.4, -0.2) is 28.2 Å². The predicted molar refractivity (Wildman–Crippen MR) is 119 cm³/mol. The van der Waals surface area contributed by atoms with Crippen LogP contribution >= 0.6 is 23.4 Å². The average Bonchev–Trinajstić information content (AvgIpc) is 2.78. The molecule has 1 aromatic heterocycles. The number of anilines is 2. The van der Waals surface area contributed by atoms with Crippen molar-refractivity contribution in [3.05, 3.63) is 76.4 Å². The van der Waals surface area contributed by atoms with Gasteiger partial charge in [-0.05, 0) is 41.8 Å². The number of nitrogens with zero attached hydrogens (tertiary/aromatic N) is 3. The van der Waals surface area contributed by atoms with E-state index in [4.69, 9.17) is 11.6 Å². The molecule has 1 aliphatic heterocycles. The minimum Gasteiger partial charge on any atom is -0.352 e. The lowest BCUT2D eigenvalue weighted by Gasteiger charge is -2.29. The van der Waals surface area contributed by atoms with E-state index >= 15 is 0 Å². The van der Waals surface area contributed by atoms with E-state index < -0.39 is 22.7 Å². The van der Waals surface area contributed by atoms with Crippen LogP contribution < -0.4 is 10.2 Å². The average molecular weight is 479 g/mol. The highest BCUT2D eigenvalue weighted by molar-refractivity contribution is 7.99. The van der Waals surface area contributed by atoms with Crippen LogP contribution in [0.15, 0.2) is 59.9 Å². The molecule has 0 spiro atoms. The van der Waals surface area contributed by atoms with Gasteiger partial charge in [0.05, 0.1) is 16.3 Å². The van der Waals surface area contributed by atoms with Crippen molar-refractivity contribution in [2.24, 2.45) is 0 Å². The second kappa shape index (κ2) is 9.38. The first-order chi connectivity index (χ1) is 15.3. The first-order valence-electron chi connectivity index (χ1n) is 9.74. The Bertz CT molecular complexity index is 1140. The van der Waals surface area contributed by atoms with Gasteiger partial charge in [-0.15, -0.1) is 0 Å². The largest absolute Gasteiger partial charge is 0.417 e. The normalized spacial score (nSPS) is 13.6. The van der Waals surface area contributed by atoms with E-state index in [-0.39, 0.29) is 11.4 Å². The van der Waals surface area contributed by atoms with E-state index in [1.54, 1.807) is 6.20 Å².